The molecule has 0 fully saturated rings. The number of fused-ring (bicyclic) bond motifs is 1. The minimum absolute atomic E-state index is 0.506. The molecule has 0 spiro atoms. The Morgan fingerprint density at radius 1 is 1.29 bits per heavy atom. The quantitative estimate of drug-likeness (QED) is 0.588. The van der Waals surface area contributed by atoms with Crippen LogP contribution in [0.2, 0.25) is 0 Å². The summed E-state index contributed by atoms with van der Waals surface area (Å²) < 4.78 is 11.1. The van der Waals surface area contributed by atoms with Crippen LogP contribution >= 0.6 is 0 Å². The number of nitrogens with zero attached hydrogens (tertiary/aromatic N) is 1. The lowest BCUT2D eigenvalue weighted by Gasteiger charge is -2.22. The summed E-state index contributed by atoms with van der Waals surface area (Å²) >= 11 is 0. The van der Waals surface area contributed by atoms with E-state index in [2.05, 4.69) is 4.99 Å². The van der Waals surface area contributed by atoms with E-state index in [9.17, 15) is 0 Å². The Kier molecular flexibility index (Phi) is 3.18. The topological polar surface area (TPSA) is 82.9 Å². The van der Waals surface area contributed by atoms with Crippen LogP contribution in [0.25, 0.3) is 0 Å². The third-order valence-corrected chi connectivity index (χ3v) is 2.49. The van der Waals surface area contributed by atoms with Gasteiger partial charge in [0.2, 0.25) is 0 Å². The van der Waals surface area contributed by atoms with Gasteiger partial charge in [-0.2, -0.15) is 0 Å². The van der Waals surface area contributed by atoms with Gasteiger partial charge in [0.1, 0.15) is 13.2 Å². The highest BCUT2D eigenvalue weighted by Crippen LogP contribution is 2.39. The molecule has 0 aromatic heterocycles. The van der Waals surface area contributed by atoms with Crippen LogP contribution in [-0.4, -0.2) is 26.0 Å². The van der Waals surface area contributed by atoms with Crippen molar-refractivity contribution in [1.29, 1.82) is 0 Å². The van der Waals surface area contributed by atoms with Gasteiger partial charge in [-0.3, -0.25) is 4.99 Å². The number of benzene rings is 1. The molecule has 0 unspecified atom stereocenters. The number of allylic oxidation sites excluding steroid dienone is 1. The molecule has 1 aromatic carbocycles. The van der Waals surface area contributed by atoms with Gasteiger partial charge in [0, 0.05) is 12.6 Å². The number of hydrogen-bond donors (Lipinski definition) is 2. The van der Waals surface area contributed by atoms with Crippen LogP contribution in [-0.2, 0) is 0 Å². The van der Waals surface area contributed by atoms with Crippen molar-refractivity contribution < 1.29 is 9.47 Å². The highest BCUT2D eigenvalue weighted by Gasteiger charge is 2.20. The number of nitrogen functional groups attached to an aromatic ring is 1. The Bertz CT molecular complexity index is 481. The van der Waals surface area contributed by atoms with Gasteiger partial charge in [-0.25, -0.2) is 0 Å². The molecule has 1 aliphatic heterocycles. The molecule has 90 valence electrons. The van der Waals surface area contributed by atoms with E-state index in [1.165, 1.54) is 6.20 Å². The summed E-state index contributed by atoms with van der Waals surface area (Å²) in [6, 6.07) is 3.63. The van der Waals surface area contributed by atoms with Crippen LogP contribution in [0, 0.1) is 0 Å². The SMILES string of the molecule is CN=C(C=CN)c1ccc(N)c2c1OCCO2. The zero-order valence-electron chi connectivity index (χ0n) is 9.64. The molecule has 0 bridgehead atoms. The Balaban J connectivity index is 2.55. The molecule has 0 aliphatic carbocycles. The fraction of sp³-hybridized carbons (Fsp3) is 0.250. The first-order chi connectivity index (χ1) is 8.27. The lowest BCUT2D eigenvalue weighted by molar-refractivity contribution is 0.172. The number of ether oxygens (including phenoxy) is 2. The number of aliphatic imine (C=N–C) groups is 1. The number of rotatable bonds is 2. The number of hydrogen-bond acceptors (Lipinski definition) is 5. The van der Waals surface area contributed by atoms with Crippen molar-refractivity contribution in [2.75, 3.05) is 26.0 Å². The van der Waals surface area contributed by atoms with Gasteiger partial charge in [-0.15, -0.1) is 0 Å². The Morgan fingerprint density at radius 2 is 2.00 bits per heavy atom. The van der Waals surface area contributed by atoms with Crippen molar-refractivity contribution in [3.8, 4) is 11.5 Å². The van der Waals surface area contributed by atoms with E-state index < -0.39 is 0 Å². The fourth-order valence-electron chi connectivity index (χ4n) is 1.74. The molecule has 1 heterocycles. The first-order valence-electron chi connectivity index (χ1n) is 5.31. The van der Waals surface area contributed by atoms with Crippen LogP contribution in [0.5, 0.6) is 11.5 Å². The van der Waals surface area contributed by atoms with Gasteiger partial charge in [-0.05, 0) is 24.4 Å². The molecule has 0 saturated carbocycles. The van der Waals surface area contributed by atoms with Crippen molar-refractivity contribution in [2.24, 2.45) is 10.7 Å². The largest absolute Gasteiger partial charge is 0.485 e. The van der Waals surface area contributed by atoms with Crippen molar-refractivity contribution >= 4 is 11.4 Å². The highest BCUT2D eigenvalue weighted by atomic mass is 16.6. The van der Waals surface area contributed by atoms with E-state index in [1.807, 2.05) is 6.07 Å². The van der Waals surface area contributed by atoms with Crippen molar-refractivity contribution in [1.82, 2.24) is 0 Å². The lowest BCUT2D eigenvalue weighted by Crippen LogP contribution is -2.18. The molecular weight excluding hydrogens is 218 g/mol. The van der Waals surface area contributed by atoms with Crippen LogP contribution in [0.1, 0.15) is 5.56 Å². The maximum Gasteiger partial charge on any atom is 0.184 e. The van der Waals surface area contributed by atoms with Gasteiger partial charge >= 0.3 is 0 Å². The maximum absolute atomic E-state index is 5.84. The van der Waals surface area contributed by atoms with Gasteiger partial charge in [0.25, 0.3) is 0 Å². The first-order valence-corrected chi connectivity index (χ1v) is 5.31. The normalized spacial score (nSPS) is 15.2. The summed E-state index contributed by atoms with van der Waals surface area (Å²) in [6.07, 6.45) is 3.15. The first kappa shape index (κ1) is 11.3. The molecule has 0 radical (unpaired) electrons. The molecule has 5 nitrogen and oxygen atoms in total. The standard InChI is InChI=1S/C12H15N3O2/c1-15-10(4-5-13)8-2-3-9(14)12-11(8)16-6-7-17-12/h2-5H,6-7,13-14H2,1H3. The third kappa shape index (κ3) is 2.04. The second-order valence-electron chi connectivity index (χ2n) is 3.53. The average Bonchev–Trinajstić information content (AvgIpc) is 2.37. The summed E-state index contributed by atoms with van der Waals surface area (Å²) in [5, 5.41) is 0. The van der Waals surface area contributed by atoms with Crippen molar-refractivity contribution in [3.63, 3.8) is 0 Å². The summed E-state index contributed by atoms with van der Waals surface area (Å²) in [5.41, 5.74) is 13.4. The summed E-state index contributed by atoms with van der Waals surface area (Å²) in [4.78, 5) is 4.16. The van der Waals surface area contributed by atoms with Gasteiger partial charge in [0.05, 0.1) is 11.4 Å². The molecule has 1 aromatic rings. The number of nitrogens with two attached hydrogens (primary N) is 2. The zero-order chi connectivity index (χ0) is 12.3. The zero-order valence-corrected chi connectivity index (χ0v) is 9.64. The van der Waals surface area contributed by atoms with E-state index >= 15 is 0 Å². The molecule has 4 N–H and O–H groups in total. The van der Waals surface area contributed by atoms with Gasteiger partial charge < -0.3 is 20.9 Å². The fourth-order valence-corrected chi connectivity index (χ4v) is 1.74. The Morgan fingerprint density at radius 3 is 2.65 bits per heavy atom. The van der Waals surface area contributed by atoms with E-state index in [1.54, 1.807) is 19.2 Å². The van der Waals surface area contributed by atoms with Gasteiger partial charge in [0.15, 0.2) is 11.5 Å². The van der Waals surface area contributed by atoms with E-state index in [4.69, 9.17) is 20.9 Å². The summed E-state index contributed by atoms with van der Waals surface area (Å²) in [7, 11) is 1.70. The van der Waals surface area contributed by atoms with Crippen LogP contribution in [0.15, 0.2) is 29.4 Å². The second kappa shape index (κ2) is 4.78. The summed E-state index contributed by atoms with van der Waals surface area (Å²) in [6.45, 7) is 1.01. The van der Waals surface area contributed by atoms with Crippen LogP contribution < -0.4 is 20.9 Å². The monoisotopic (exact) mass is 233 g/mol. The highest BCUT2D eigenvalue weighted by molar-refractivity contribution is 6.11. The third-order valence-electron chi connectivity index (χ3n) is 2.49. The van der Waals surface area contributed by atoms with E-state index in [0.29, 0.717) is 30.4 Å². The Labute approximate surface area is 99.7 Å². The van der Waals surface area contributed by atoms with Crippen molar-refractivity contribution in [2.45, 2.75) is 0 Å². The smallest absolute Gasteiger partial charge is 0.184 e. The molecule has 17 heavy (non-hydrogen) atoms. The van der Waals surface area contributed by atoms with Crippen LogP contribution in [0.3, 0.4) is 0 Å². The molecule has 5 heteroatoms. The predicted octanol–water partition coefficient (Wildman–Crippen LogP) is 0.931. The molecule has 0 saturated heterocycles. The molecule has 0 atom stereocenters. The average molecular weight is 233 g/mol. The lowest BCUT2D eigenvalue weighted by atomic mass is 10.1. The molecular formula is C12H15N3O2. The van der Waals surface area contributed by atoms with Crippen molar-refractivity contribution in [3.05, 3.63) is 30.0 Å². The van der Waals surface area contributed by atoms with E-state index in [-0.39, 0.29) is 0 Å². The molecule has 1 aliphatic rings. The minimum atomic E-state index is 0.506. The number of anilines is 1. The predicted molar refractivity (Wildman–Crippen MR) is 67.6 cm³/mol. The Hall–Kier alpha value is -2.17. The molecule has 0 amide bonds. The molecule has 2 rings (SSSR count). The minimum Gasteiger partial charge on any atom is -0.485 e. The van der Waals surface area contributed by atoms with Crippen LogP contribution in [0.4, 0.5) is 5.69 Å². The second-order valence-corrected chi connectivity index (χ2v) is 3.53. The van der Waals surface area contributed by atoms with Gasteiger partial charge in [-0.1, -0.05) is 0 Å². The summed E-state index contributed by atoms with van der Waals surface area (Å²) in [5.74, 6) is 1.22. The maximum atomic E-state index is 5.84. The van der Waals surface area contributed by atoms with E-state index in [0.717, 1.165) is 11.3 Å².